The van der Waals surface area contributed by atoms with Gasteiger partial charge in [0.15, 0.2) is 0 Å². The second-order valence-corrected chi connectivity index (χ2v) is 6.80. The smallest absolute Gasteiger partial charge is 0.0225 e. The van der Waals surface area contributed by atoms with E-state index in [9.17, 15) is 0 Å². The lowest BCUT2D eigenvalue weighted by molar-refractivity contribution is 0.192. The Kier molecular flexibility index (Phi) is 5.44. The van der Waals surface area contributed by atoms with Gasteiger partial charge in [0.2, 0.25) is 0 Å². The summed E-state index contributed by atoms with van der Waals surface area (Å²) in [5.41, 5.74) is 3.21. The van der Waals surface area contributed by atoms with E-state index in [-0.39, 0.29) is 0 Å². The lowest BCUT2D eigenvalue weighted by Gasteiger charge is -2.33. The fourth-order valence-corrected chi connectivity index (χ4v) is 2.50. The molecule has 0 fully saturated rings. The van der Waals surface area contributed by atoms with Crippen LogP contribution >= 0.6 is 0 Å². The van der Waals surface area contributed by atoms with Crippen LogP contribution in [0, 0.1) is 24.2 Å². The Bertz CT molecular complexity index is 345. The third kappa shape index (κ3) is 4.48. The number of hydrogen-bond donors (Lipinski definition) is 0. The van der Waals surface area contributed by atoms with Gasteiger partial charge in [-0.1, -0.05) is 70.9 Å². The summed E-state index contributed by atoms with van der Waals surface area (Å²) < 4.78 is 0. The Labute approximate surface area is 114 Å². The van der Waals surface area contributed by atoms with Crippen molar-refractivity contribution in [3.63, 3.8) is 0 Å². The van der Waals surface area contributed by atoms with Gasteiger partial charge in [0.25, 0.3) is 0 Å². The molecule has 0 amide bonds. The van der Waals surface area contributed by atoms with Crippen molar-refractivity contribution in [2.45, 2.75) is 60.8 Å². The first kappa shape index (κ1) is 15.3. The molecule has 2 atom stereocenters. The van der Waals surface area contributed by atoms with Crippen molar-refractivity contribution in [1.29, 1.82) is 0 Å². The average molecular weight is 246 g/mol. The van der Waals surface area contributed by atoms with Crippen molar-refractivity contribution >= 4 is 0 Å². The summed E-state index contributed by atoms with van der Waals surface area (Å²) in [6.45, 7) is 14.1. The summed E-state index contributed by atoms with van der Waals surface area (Å²) in [4.78, 5) is 0. The highest BCUT2D eigenvalue weighted by Crippen LogP contribution is 2.35. The fraction of sp³-hybridized carbons (Fsp3) is 0.667. The third-order valence-corrected chi connectivity index (χ3v) is 4.57. The third-order valence-electron chi connectivity index (χ3n) is 4.57. The lowest BCUT2D eigenvalue weighted by atomic mass is 9.72. The van der Waals surface area contributed by atoms with Crippen LogP contribution in [0.25, 0.3) is 0 Å². The first-order chi connectivity index (χ1) is 8.35. The predicted molar refractivity (Wildman–Crippen MR) is 81.9 cm³/mol. The Morgan fingerprint density at radius 3 is 2.11 bits per heavy atom. The van der Waals surface area contributed by atoms with E-state index >= 15 is 0 Å². The van der Waals surface area contributed by atoms with Gasteiger partial charge in [-0.15, -0.1) is 0 Å². The molecule has 0 radical (unpaired) electrons. The molecule has 1 rings (SSSR count). The van der Waals surface area contributed by atoms with Crippen molar-refractivity contribution < 1.29 is 0 Å². The van der Waals surface area contributed by atoms with E-state index < -0.39 is 0 Å². The number of aryl methyl sites for hydroxylation is 1. The molecule has 0 aliphatic carbocycles. The molecule has 0 heteroatoms. The molecule has 18 heavy (non-hydrogen) atoms. The van der Waals surface area contributed by atoms with E-state index in [0.29, 0.717) is 5.41 Å². The molecule has 1 aromatic rings. The minimum atomic E-state index is 0.388. The first-order valence-electron chi connectivity index (χ1n) is 7.40. The number of hydrogen-bond acceptors (Lipinski definition) is 0. The largest absolute Gasteiger partial charge is 0.0651 e. The second kappa shape index (κ2) is 6.41. The zero-order valence-corrected chi connectivity index (χ0v) is 13.1. The summed E-state index contributed by atoms with van der Waals surface area (Å²) in [6, 6.07) is 9.02. The molecule has 0 saturated carbocycles. The van der Waals surface area contributed by atoms with Crippen LogP contribution < -0.4 is 0 Å². The van der Waals surface area contributed by atoms with Crippen LogP contribution in [0.4, 0.5) is 0 Å². The first-order valence-corrected chi connectivity index (χ1v) is 7.40. The molecule has 0 nitrogen and oxygen atoms in total. The van der Waals surface area contributed by atoms with Gasteiger partial charge >= 0.3 is 0 Å². The molecule has 0 saturated heterocycles. The Balaban J connectivity index is 2.65. The van der Waals surface area contributed by atoms with E-state index in [1.54, 1.807) is 0 Å². The van der Waals surface area contributed by atoms with Gasteiger partial charge < -0.3 is 0 Å². The quantitative estimate of drug-likeness (QED) is 0.609. The molecule has 0 aliphatic rings. The minimum Gasteiger partial charge on any atom is -0.0651 e. The van der Waals surface area contributed by atoms with Gasteiger partial charge in [0, 0.05) is 0 Å². The zero-order valence-electron chi connectivity index (χ0n) is 13.1. The molecule has 0 aliphatic heterocycles. The standard InChI is InChI=1S/C18H30/c1-7-14(2)12-16(4)18(5,6)13-17-10-8-15(3)9-11-17/h8-11,14,16H,7,12-13H2,1-6H3/t14-,16?/m1/s1. The molecule has 0 heterocycles. The van der Waals surface area contributed by atoms with E-state index in [4.69, 9.17) is 0 Å². The summed E-state index contributed by atoms with van der Waals surface area (Å²) in [7, 11) is 0. The van der Waals surface area contributed by atoms with Gasteiger partial charge in [-0.05, 0) is 42.6 Å². The second-order valence-electron chi connectivity index (χ2n) is 6.80. The van der Waals surface area contributed by atoms with E-state index in [2.05, 4.69) is 65.8 Å². The summed E-state index contributed by atoms with van der Waals surface area (Å²) in [6.07, 6.45) is 3.82. The normalized spacial score (nSPS) is 15.4. The van der Waals surface area contributed by atoms with Crippen molar-refractivity contribution in [2.75, 3.05) is 0 Å². The highest BCUT2D eigenvalue weighted by atomic mass is 14.3. The van der Waals surface area contributed by atoms with E-state index in [1.165, 1.54) is 30.4 Å². The maximum Gasteiger partial charge on any atom is -0.0225 e. The fourth-order valence-electron chi connectivity index (χ4n) is 2.50. The topological polar surface area (TPSA) is 0 Å². The predicted octanol–water partition coefficient (Wildman–Crippen LogP) is 5.64. The van der Waals surface area contributed by atoms with Crippen LogP contribution in [0.1, 0.15) is 58.6 Å². The molecule has 0 bridgehead atoms. The van der Waals surface area contributed by atoms with Crippen molar-refractivity contribution in [2.24, 2.45) is 17.3 Å². The van der Waals surface area contributed by atoms with E-state index in [1.807, 2.05) is 0 Å². The molecule has 0 aromatic heterocycles. The van der Waals surface area contributed by atoms with Gasteiger partial charge in [-0.3, -0.25) is 0 Å². The Morgan fingerprint density at radius 1 is 1.06 bits per heavy atom. The maximum atomic E-state index is 2.42. The molecule has 1 unspecified atom stereocenters. The minimum absolute atomic E-state index is 0.388. The summed E-state index contributed by atoms with van der Waals surface area (Å²) in [5, 5.41) is 0. The van der Waals surface area contributed by atoms with Crippen LogP contribution in [0.15, 0.2) is 24.3 Å². The van der Waals surface area contributed by atoms with Gasteiger partial charge in [-0.25, -0.2) is 0 Å². The molecule has 0 N–H and O–H groups in total. The van der Waals surface area contributed by atoms with Gasteiger partial charge in [0.1, 0.15) is 0 Å². The van der Waals surface area contributed by atoms with Gasteiger partial charge in [-0.2, -0.15) is 0 Å². The number of rotatable bonds is 6. The van der Waals surface area contributed by atoms with Crippen LogP contribution in [0.3, 0.4) is 0 Å². The molecular formula is C18H30. The molecule has 102 valence electrons. The monoisotopic (exact) mass is 246 g/mol. The molecule has 0 spiro atoms. The maximum absolute atomic E-state index is 2.42. The molecule has 1 aromatic carbocycles. The Hall–Kier alpha value is -0.780. The van der Waals surface area contributed by atoms with Crippen molar-refractivity contribution in [1.82, 2.24) is 0 Å². The Morgan fingerprint density at radius 2 is 1.61 bits per heavy atom. The van der Waals surface area contributed by atoms with Crippen LogP contribution in [-0.4, -0.2) is 0 Å². The summed E-state index contributed by atoms with van der Waals surface area (Å²) >= 11 is 0. The van der Waals surface area contributed by atoms with E-state index in [0.717, 1.165) is 11.8 Å². The summed E-state index contributed by atoms with van der Waals surface area (Å²) in [5.74, 6) is 1.62. The highest BCUT2D eigenvalue weighted by molar-refractivity contribution is 5.22. The number of benzene rings is 1. The lowest BCUT2D eigenvalue weighted by Crippen LogP contribution is -2.26. The van der Waals surface area contributed by atoms with Crippen LogP contribution in [0.2, 0.25) is 0 Å². The van der Waals surface area contributed by atoms with Crippen molar-refractivity contribution in [3.8, 4) is 0 Å². The van der Waals surface area contributed by atoms with Crippen LogP contribution in [0.5, 0.6) is 0 Å². The average Bonchev–Trinajstić information content (AvgIpc) is 2.31. The zero-order chi connectivity index (χ0) is 13.8. The van der Waals surface area contributed by atoms with Gasteiger partial charge in [0.05, 0.1) is 0 Å². The van der Waals surface area contributed by atoms with Crippen molar-refractivity contribution in [3.05, 3.63) is 35.4 Å². The van der Waals surface area contributed by atoms with Crippen LogP contribution in [-0.2, 0) is 6.42 Å². The molecular weight excluding hydrogens is 216 g/mol. The highest BCUT2D eigenvalue weighted by Gasteiger charge is 2.26. The SMILES string of the molecule is CC[C@@H](C)CC(C)C(C)(C)Cc1ccc(C)cc1.